The molecule has 0 saturated carbocycles. The number of hydrogen-bond acceptors (Lipinski definition) is 5. The maximum Gasteiger partial charge on any atom is 0.234 e. The Labute approximate surface area is 186 Å². The number of rotatable bonds is 9. The fourth-order valence-corrected chi connectivity index (χ4v) is 3.43. The molecule has 0 radical (unpaired) electrons. The molecule has 3 rings (SSSR count). The van der Waals surface area contributed by atoms with Crippen molar-refractivity contribution in [3.8, 4) is 17.2 Å². The van der Waals surface area contributed by atoms with Crippen LogP contribution in [0.25, 0.3) is 0 Å². The summed E-state index contributed by atoms with van der Waals surface area (Å²) in [6.07, 6.45) is 0. The molecule has 0 aliphatic carbocycles. The molecule has 0 aliphatic heterocycles. The van der Waals surface area contributed by atoms with Crippen LogP contribution in [0.3, 0.4) is 0 Å². The van der Waals surface area contributed by atoms with Gasteiger partial charge in [-0.1, -0.05) is 12.1 Å². The molecule has 31 heavy (non-hydrogen) atoms. The van der Waals surface area contributed by atoms with Crippen molar-refractivity contribution < 1.29 is 19.1 Å². The molecule has 0 saturated heterocycles. The summed E-state index contributed by atoms with van der Waals surface area (Å²) in [4.78, 5) is 24.5. The van der Waals surface area contributed by atoms with Gasteiger partial charge in [0.05, 0.1) is 18.0 Å². The van der Waals surface area contributed by atoms with Gasteiger partial charge in [-0.3, -0.25) is 9.59 Å². The lowest BCUT2D eigenvalue weighted by Crippen LogP contribution is -2.14. The number of ether oxygens (including phenoxy) is 2. The lowest BCUT2D eigenvalue weighted by molar-refractivity contribution is -0.114. The van der Waals surface area contributed by atoms with Crippen LogP contribution in [0.2, 0.25) is 0 Å². The summed E-state index contributed by atoms with van der Waals surface area (Å²) < 4.78 is 11.4. The van der Waals surface area contributed by atoms with Gasteiger partial charge in [0.15, 0.2) is 5.75 Å². The van der Waals surface area contributed by atoms with Crippen molar-refractivity contribution >= 4 is 35.0 Å². The first-order chi connectivity index (χ1) is 15.0. The minimum Gasteiger partial charge on any atom is -0.494 e. The average Bonchev–Trinajstić information content (AvgIpc) is 2.76. The molecular weight excluding hydrogens is 412 g/mol. The Kier molecular flexibility index (Phi) is 7.95. The highest BCUT2D eigenvalue weighted by atomic mass is 32.2. The summed E-state index contributed by atoms with van der Waals surface area (Å²) in [6.45, 7) is 4.00. The van der Waals surface area contributed by atoms with Crippen molar-refractivity contribution in [1.82, 2.24) is 0 Å². The maximum atomic E-state index is 12.5. The van der Waals surface area contributed by atoms with Crippen LogP contribution in [0.1, 0.15) is 13.8 Å². The molecule has 0 fully saturated rings. The Morgan fingerprint density at radius 1 is 0.871 bits per heavy atom. The quantitative estimate of drug-likeness (QED) is 0.429. The number of anilines is 2. The van der Waals surface area contributed by atoms with Gasteiger partial charge in [-0.15, -0.1) is 11.8 Å². The second-order valence-electron chi connectivity index (χ2n) is 6.55. The lowest BCUT2D eigenvalue weighted by atomic mass is 10.2. The van der Waals surface area contributed by atoms with Crippen molar-refractivity contribution in [2.45, 2.75) is 18.7 Å². The van der Waals surface area contributed by atoms with Crippen molar-refractivity contribution in [3.05, 3.63) is 72.8 Å². The van der Waals surface area contributed by atoms with E-state index in [0.717, 1.165) is 16.3 Å². The molecule has 2 amide bonds. The fourth-order valence-electron chi connectivity index (χ4n) is 2.73. The van der Waals surface area contributed by atoms with Crippen LogP contribution in [0.5, 0.6) is 17.2 Å². The zero-order valence-electron chi connectivity index (χ0n) is 17.4. The Hall–Kier alpha value is -3.45. The van der Waals surface area contributed by atoms with Gasteiger partial charge in [0, 0.05) is 17.5 Å². The van der Waals surface area contributed by atoms with E-state index in [4.69, 9.17) is 9.47 Å². The van der Waals surface area contributed by atoms with Gasteiger partial charge < -0.3 is 20.1 Å². The van der Waals surface area contributed by atoms with Crippen LogP contribution in [-0.4, -0.2) is 24.2 Å². The second kappa shape index (κ2) is 11.1. The Morgan fingerprint density at radius 3 is 2.23 bits per heavy atom. The Balaban J connectivity index is 1.57. The minimum atomic E-state index is -0.140. The van der Waals surface area contributed by atoms with Crippen LogP contribution < -0.4 is 20.1 Å². The van der Waals surface area contributed by atoms with Crippen LogP contribution in [-0.2, 0) is 9.59 Å². The second-order valence-corrected chi connectivity index (χ2v) is 7.59. The van der Waals surface area contributed by atoms with Crippen molar-refractivity contribution in [2.75, 3.05) is 23.0 Å². The minimum absolute atomic E-state index is 0.120. The summed E-state index contributed by atoms with van der Waals surface area (Å²) in [6, 6.07) is 22.0. The number of carbonyl (C=O) groups excluding carboxylic acids is 2. The maximum absolute atomic E-state index is 12.5. The van der Waals surface area contributed by atoms with Crippen molar-refractivity contribution in [2.24, 2.45) is 0 Å². The van der Waals surface area contributed by atoms with Gasteiger partial charge in [-0.2, -0.15) is 0 Å². The van der Waals surface area contributed by atoms with E-state index in [1.54, 1.807) is 12.1 Å². The standard InChI is InChI=1S/C24H24N2O4S/c1-3-29-19-10-12-20(13-11-19)30-23-7-5-4-6-22(23)26-24(28)16-31-21-14-8-18(9-15-21)25-17(2)27/h4-15H,3,16H2,1-2H3,(H,25,27)(H,26,28). The Bertz CT molecular complexity index is 1020. The van der Waals surface area contributed by atoms with Crippen LogP contribution in [0.4, 0.5) is 11.4 Å². The molecule has 2 N–H and O–H groups in total. The first-order valence-electron chi connectivity index (χ1n) is 9.83. The molecule has 0 atom stereocenters. The van der Waals surface area contributed by atoms with Crippen LogP contribution >= 0.6 is 11.8 Å². The highest BCUT2D eigenvalue weighted by Gasteiger charge is 2.09. The van der Waals surface area contributed by atoms with Gasteiger partial charge >= 0.3 is 0 Å². The number of hydrogen-bond donors (Lipinski definition) is 2. The summed E-state index contributed by atoms with van der Waals surface area (Å²) >= 11 is 1.41. The van der Waals surface area contributed by atoms with Crippen LogP contribution in [0.15, 0.2) is 77.7 Å². The number of nitrogens with one attached hydrogen (secondary N) is 2. The predicted molar refractivity (Wildman–Crippen MR) is 124 cm³/mol. The van der Waals surface area contributed by atoms with Crippen molar-refractivity contribution in [3.63, 3.8) is 0 Å². The first kappa shape index (κ1) is 22.2. The monoisotopic (exact) mass is 436 g/mol. The molecule has 6 nitrogen and oxygen atoms in total. The molecule has 3 aromatic rings. The van der Waals surface area contributed by atoms with E-state index in [9.17, 15) is 9.59 Å². The smallest absolute Gasteiger partial charge is 0.234 e. The third-order valence-electron chi connectivity index (χ3n) is 4.07. The number of thioether (sulfide) groups is 1. The van der Waals surface area contributed by atoms with E-state index in [0.29, 0.717) is 23.8 Å². The molecule has 0 heterocycles. The fraction of sp³-hybridized carbons (Fsp3) is 0.167. The van der Waals surface area contributed by atoms with E-state index in [-0.39, 0.29) is 17.6 Å². The predicted octanol–water partition coefficient (Wildman–Crippen LogP) is 5.57. The molecule has 0 unspecified atom stereocenters. The Morgan fingerprint density at radius 2 is 1.55 bits per heavy atom. The SMILES string of the molecule is CCOc1ccc(Oc2ccccc2NC(=O)CSc2ccc(NC(C)=O)cc2)cc1. The number of amides is 2. The van der Waals surface area contributed by atoms with Gasteiger partial charge in [-0.25, -0.2) is 0 Å². The van der Waals surface area contributed by atoms with E-state index in [1.165, 1.54) is 18.7 Å². The van der Waals surface area contributed by atoms with Gasteiger partial charge in [0.2, 0.25) is 11.8 Å². The summed E-state index contributed by atoms with van der Waals surface area (Å²) in [5.74, 6) is 1.98. The topological polar surface area (TPSA) is 76.7 Å². The molecular formula is C24H24N2O4S. The zero-order valence-corrected chi connectivity index (χ0v) is 18.2. The first-order valence-corrected chi connectivity index (χ1v) is 10.8. The van der Waals surface area contributed by atoms with Crippen LogP contribution in [0, 0.1) is 0 Å². The number of carbonyl (C=O) groups is 2. The van der Waals surface area contributed by atoms with E-state index in [1.807, 2.05) is 67.6 Å². The molecule has 160 valence electrons. The summed E-state index contributed by atoms with van der Waals surface area (Å²) in [7, 11) is 0. The molecule has 7 heteroatoms. The van der Waals surface area contributed by atoms with E-state index in [2.05, 4.69) is 10.6 Å². The lowest BCUT2D eigenvalue weighted by Gasteiger charge is -2.13. The highest BCUT2D eigenvalue weighted by molar-refractivity contribution is 8.00. The molecule has 0 spiro atoms. The third-order valence-corrected chi connectivity index (χ3v) is 5.08. The van der Waals surface area contributed by atoms with E-state index >= 15 is 0 Å². The third kappa shape index (κ3) is 7.08. The average molecular weight is 437 g/mol. The molecule has 0 bridgehead atoms. The number of para-hydroxylation sites is 2. The summed E-state index contributed by atoms with van der Waals surface area (Å²) in [5, 5.41) is 5.62. The molecule has 3 aromatic carbocycles. The summed E-state index contributed by atoms with van der Waals surface area (Å²) in [5.41, 5.74) is 1.32. The number of benzene rings is 3. The highest BCUT2D eigenvalue weighted by Crippen LogP contribution is 2.30. The van der Waals surface area contributed by atoms with Gasteiger partial charge in [0.1, 0.15) is 11.5 Å². The zero-order chi connectivity index (χ0) is 22.1. The van der Waals surface area contributed by atoms with E-state index < -0.39 is 0 Å². The largest absolute Gasteiger partial charge is 0.494 e. The molecule has 0 aliphatic rings. The molecule has 0 aromatic heterocycles. The van der Waals surface area contributed by atoms with Gasteiger partial charge in [0.25, 0.3) is 0 Å². The van der Waals surface area contributed by atoms with Crippen molar-refractivity contribution in [1.29, 1.82) is 0 Å². The van der Waals surface area contributed by atoms with Gasteiger partial charge in [-0.05, 0) is 67.6 Å². The normalized spacial score (nSPS) is 10.3.